The van der Waals surface area contributed by atoms with Gasteiger partial charge in [0.15, 0.2) is 0 Å². The van der Waals surface area contributed by atoms with Crippen LogP contribution in [0.3, 0.4) is 0 Å². The second-order valence-electron chi connectivity index (χ2n) is 6.14. The number of benzene rings is 1. The minimum absolute atomic E-state index is 0.00425. The van der Waals surface area contributed by atoms with Crippen LogP contribution >= 0.6 is 0 Å². The molecule has 22 heavy (non-hydrogen) atoms. The summed E-state index contributed by atoms with van der Waals surface area (Å²) in [5.41, 5.74) is -0.257. The van der Waals surface area contributed by atoms with Gasteiger partial charge in [-0.15, -0.1) is 0 Å². The van der Waals surface area contributed by atoms with Gasteiger partial charge in [-0.1, -0.05) is 6.07 Å². The molecule has 0 heterocycles. The first-order valence-electron chi connectivity index (χ1n) is 7.04. The van der Waals surface area contributed by atoms with Crippen molar-refractivity contribution in [1.82, 2.24) is 10.2 Å². The van der Waals surface area contributed by atoms with Gasteiger partial charge in [-0.05, 0) is 33.9 Å². The molecule has 0 fully saturated rings. The monoisotopic (exact) mass is 309 g/mol. The van der Waals surface area contributed by atoms with Gasteiger partial charge in [-0.25, -0.2) is 0 Å². The normalized spacial score (nSPS) is 11.3. The van der Waals surface area contributed by atoms with Crippen LogP contribution in [0.4, 0.5) is 5.69 Å². The molecular formula is C15H23N3O4. The van der Waals surface area contributed by atoms with Crippen molar-refractivity contribution in [2.45, 2.75) is 26.3 Å². The highest BCUT2D eigenvalue weighted by Gasteiger charge is 2.15. The van der Waals surface area contributed by atoms with Crippen LogP contribution in [0, 0.1) is 10.1 Å². The third kappa shape index (κ3) is 7.03. The third-order valence-corrected chi connectivity index (χ3v) is 2.70. The summed E-state index contributed by atoms with van der Waals surface area (Å²) < 4.78 is 5.47. The molecule has 1 aromatic rings. The van der Waals surface area contributed by atoms with E-state index in [-0.39, 0.29) is 23.7 Å². The standard InChI is InChI=1S/C15H23N3O4/c1-15(2,3)16-14(19)11-17(4)8-9-22-13-7-5-6-12(10-13)18(20)21/h5-7,10H,8-9,11H2,1-4H3,(H,16,19). The van der Waals surface area contributed by atoms with Crippen LogP contribution in [0.25, 0.3) is 0 Å². The number of nitro benzene ring substituents is 1. The van der Waals surface area contributed by atoms with Crippen LogP contribution in [0.5, 0.6) is 5.75 Å². The first-order chi connectivity index (χ1) is 10.2. The number of carbonyl (C=O) groups is 1. The number of likely N-dealkylation sites (N-methyl/N-ethyl adjacent to an activating group) is 1. The molecule has 0 spiro atoms. The Kier molecular flexibility index (Phi) is 6.30. The smallest absolute Gasteiger partial charge is 0.273 e. The van der Waals surface area contributed by atoms with E-state index in [9.17, 15) is 14.9 Å². The number of nitrogens with zero attached hydrogens (tertiary/aromatic N) is 2. The van der Waals surface area contributed by atoms with E-state index in [0.717, 1.165) is 0 Å². The minimum Gasteiger partial charge on any atom is -0.492 e. The molecule has 0 unspecified atom stereocenters. The van der Waals surface area contributed by atoms with E-state index in [1.807, 2.05) is 32.7 Å². The molecule has 1 N–H and O–H groups in total. The summed E-state index contributed by atoms with van der Waals surface area (Å²) in [6, 6.07) is 6.04. The predicted molar refractivity (Wildman–Crippen MR) is 84.0 cm³/mol. The molecule has 1 amide bonds. The Hall–Kier alpha value is -2.15. The van der Waals surface area contributed by atoms with Gasteiger partial charge in [0.2, 0.25) is 5.91 Å². The van der Waals surface area contributed by atoms with Crippen molar-refractivity contribution in [3.05, 3.63) is 34.4 Å². The van der Waals surface area contributed by atoms with E-state index in [1.165, 1.54) is 12.1 Å². The lowest BCUT2D eigenvalue weighted by molar-refractivity contribution is -0.384. The summed E-state index contributed by atoms with van der Waals surface area (Å²) in [6.45, 7) is 6.94. The molecule has 0 bridgehead atoms. The number of non-ortho nitro benzene ring substituents is 1. The summed E-state index contributed by atoms with van der Waals surface area (Å²) >= 11 is 0. The maximum absolute atomic E-state index is 11.8. The topological polar surface area (TPSA) is 84.7 Å². The first-order valence-corrected chi connectivity index (χ1v) is 7.04. The molecule has 0 aliphatic rings. The van der Waals surface area contributed by atoms with Gasteiger partial charge in [0.1, 0.15) is 12.4 Å². The van der Waals surface area contributed by atoms with Crippen LogP contribution in [0.1, 0.15) is 20.8 Å². The van der Waals surface area contributed by atoms with Gasteiger partial charge in [0, 0.05) is 18.2 Å². The predicted octanol–water partition coefficient (Wildman–Crippen LogP) is 1.82. The lowest BCUT2D eigenvalue weighted by Crippen LogP contribution is -2.45. The van der Waals surface area contributed by atoms with Gasteiger partial charge in [-0.3, -0.25) is 19.8 Å². The second-order valence-corrected chi connectivity index (χ2v) is 6.14. The van der Waals surface area contributed by atoms with Crippen molar-refractivity contribution in [3.8, 4) is 5.75 Å². The van der Waals surface area contributed by atoms with Crippen LogP contribution in [0.15, 0.2) is 24.3 Å². The molecule has 122 valence electrons. The van der Waals surface area contributed by atoms with E-state index in [1.54, 1.807) is 12.1 Å². The number of ether oxygens (including phenoxy) is 1. The first kappa shape index (κ1) is 17.9. The van der Waals surface area contributed by atoms with Crippen molar-refractivity contribution in [2.24, 2.45) is 0 Å². The number of nitrogens with one attached hydrogen (secondary N) is 1. The van der Waals surface area contributed by atoms with Crippen molar-refractivity contribution in [3.63, 3.8) is 0 Å². The van der Waals surface area contributed by atoms with Crippen molar-refractivity contribution in [2.75, 3.05) is 26.7 Å². The summed E-state index contributed by atoms with van der Waals surface area (Å²) in [6.07, 6.45) is 0. The lowest BCUT2D eigenvalue weighted by Gasteiger charge is -2.23. The Morgan fingerprint density at radius 2 is 2.09 bits per heavy atom. The molecule has 0 radical (unpaired) electrons. The summed E-state index contributed by atoms with van der Waals surface area (Å²) in [5.74, 6) is 0.395. The molecular weight excluding hydrogens is 286 g/mol. The molecule has 0 aliphatic carbocycles. The van der Waals surface area contributed by atoms with E-state index in [0.29, 0.717) is 18.9 Å². The minimum atomic E-state index is -0.462. The maximum atomic E-state index is 11.8. The van der Waals surface area contributed by atoms with Gasteiger partial charge in [0.25, 0.3) is 5.69 Å². The number of amides is 1. The highest BCUT2D eigenvalue weighted by molar-refractivity contribution is 5.78. The fourth-order valence-corrected chi connectivity index (χ4v) is 1.79. The fourth-order valence-electron chi connectivity index (χ4n) is 1.79. The second kappa shape index (κ2) is 7.74. The zero-order chi connectivity index (χ0) is 16.8. The van der Waals surface area contributed by atoms with E-state index < -0.39 is 4.92 Å². The zero-order valence-electron chi connectivity index (χ0n) is 13.5. The number of rotatable bonds is 7. The Balaban J connectivity index is 2.36. The molecule has 0 saturated carbocycles. The van der Waals surface area contributed by atoms with Gasteiger partial charge in [0.05, 0.1) is 17.5 Å². The molecule has 0 aromatic heterocycles. The molecule has 0 aliphatic heterocycles. The lowest BCUT2D eigenvalue weighted by atomic mass is 10.1. The van der Waals surface area contributed by atoms with Gasteiger partial charge >= 0.3 is 0 Å². The summed E-state index contributed by atoms with van der Waals surface area (Å²) in [5, 5.41) is 13.5. The number of nitro groups is 1. The van der Waals surface area contributed by atoms with Gasteiger partial charge in [-0.2, -0.15) is 0 Å². The summed E-state index contributed by atoms with van der Waals surface area (Å²) in [4.78, 5) is 23.8. The third-order valence-electron chi connectivity index (χ3n) is 2.70. The Morgan fingerprint density at radius 1 is 1.41 bits per heavy atom. The van der Waals surface area contributed by atoms with Gasteiger partial charge < -0.3 is 10.1 Å². The maximum Gasteiger partial charge on any atom is 0.273 e. The SMILES string of the molecule is CN(CCOc1cccc([N+](=O)[O-])c1)CC(=O)NC(C)(C)C. The molecule has 0 atom stereocenters. The quantitative estimate of drug-likeness (QED) is 0.613. The van der Waals surface area contributed by atoms with E-state index in [2.05, 4.69) is 5.32 Å². The fraction of sp³-hybridized carbons (Fsp3) is 0.533. The van der Waals surface area contributed by atoms with E-state index >= 15 is 0 Å². The molecule has 1 rings (SSSR count). The Morgan fingerprint density at radius 3 is 2.68 bits per heavy atom. The molecule has 0 saturated heterocycles. The average Bonchev–Trinajstić information content (AvgIpc) is 2.36. The van der Waals surface area contributed by atoms with Crippen molar-refractivity contribution < 1.29 is 14.5 Å². The van der Waals surface area contributed by atoms with Crippen LogP contribution in [0.2, 0.25) is 0 Å². The number of hydrogen-bond acceptors (Lipinski definition) is 5. The average molecular weight is 309 g/mol. The molecule has 7 nitrogen and oxygen atoms in total. The van der Waals surface area contributed by atoms with E-state index in [4.69, 9.17) is 4.74 Å². The zero-order valence-corrected chi connectivity index (χ0v) is 13.5. The van der Waals surface area contributed by atoms with Crippen LogP contribution in [-0.4, -0.2) is 48.0 Å². The Bertz CT molecular complexity index is 526. The Labute approximate surface area is 130 Å². The number of carbonyl (C=O) groups excluding carboxylic acids is 1. The molecule has 1 aromatic carbocycles. The van der Waals surface area contributed by atoms with Crippen molar-refractivity contribution in [1.29, 1.82) is 0 Å². The van der Waals surface area contributed by atoms with Crippen LogP contribution < -0.4 is 10.1 Å². The van der Waals surface area contributed by atoms with Crippen molar-refractivity contribution >= 4 is 11.6 Å². The molecule has 7 heteroatoms. The summed E-state index contributed by atoms with van der Waals surface area (Å²) in [7, 11) is 1.82. The highest BCUT2D eigenvalue weighted by Crippen LogP contribution is 2.18. The largest absolute Gasteiger partial charge is 0.492 e. The van der Waals surface area contributed by atoms with Crippen LogP contribution in [-0.2, 0) is 4.79 Å². The highest BCUT2D eigenvalue weighted by atomic mass is 16.6. The number of hydrogen-bond donors (Lipinski definition) is 1.